The highest BCUT2D eigenvalue weighted by atomic mass is 32.1. The average molecular weight is 264 g/mol. The summed E-state index contributed by atoms with van der Waals surface area (Å²) in [6.07, 6.45) is 10.4. The van der Waals surface area contributed by atoms with E-state index in [1.807, 2.05) is 16.0 Å². The molecule has 3 nitrogen and oxygen atoms in total. The third kappa shape index (κ3) is 2.08. The van der Waals surface area contributed by atoms with E-state index in [0.717, 1.165) is 36.3 Å². The van der Waals surface area contributed by atoms with Crippen molar-refractivity contribution in [1.29, 1.82) is 0 Å². The lowest BCUT2D eigenvalue weighted by molar-refractivity contribution is -0.0497. The highest BCUT2D eigenvalue weighted by molar-refractivity contribution is 7.15. The minimum atomic E-state index is -0.531. The van der Waals surface area contributed by atoms with E-state index in [9.17, 15) is 5.11 Å². The molecule has 3 rings (SSSR count). The Morgan fingerprint density at radius 3 is 3.22 bits per heavy atom. The van der Waals surface area contributed by atoms with Gasteiger partial charge in [-0.15, -0.1) is 11.3 Å². The van der Waals surface area contributed by atoms with Gasteiger partial charge in [-0.2, -0.15) is 0 Å². The zero-order valence-electron chi connectivity index (χ0n) is 10.8. The summed E-state index contributed by atoms with van der Waals surface area (Å²) in [4.78, 5) is 5.63. The summed E-state index contributed by atoms with van der Waals surface area (Å²) in [7, 11) is 0. The number of aromatic nitrogens is 2. The van der Waals surface area contributed by atoms with Gasteiger partial charge in [-0.1, -0.05) is 26.2 Å². The number of thiazole rings is 1. The Labute approximate surface area is 111 Å². The second-order valence-corrected chi connectivity index (χ2v) is 6.33. The van der Waals surface area contributed by atoms with Crippen LogP contribution in [0, 0.1) is 5.92 Å². The van der Waals surface area contributed by atoms with Crippen LogP contribution in [0.5, 0.6) is 0 Å². The first kappa shape index (κ1) is 12.2. The Kier molecular flexibility index (Phi) is 3.16. The van der Waals surface area contributed by atoms with Crippen molar-refractivity contribution in [3.63, 3.8) is 0 Å². The number of nitrogens with zero attached hydrogens (tertiary/aromatic N) is 2. The standard InChI is InChI=1S/C14H20N2OS/c1-2-11-5-3-4-6-14(11,17)9-12-10-16-7-8-18-13(16)15-12/h7-8,10-11,17H,2-6,9H2,1H3. The Morgan fingerprint density at radius 1 is 1.56 bits per heavy atom. The SMILES string of the molecule is CCC1CCCCC1(O)Cc1cn2ccsc2n1. The fourth-order valence-corrected chi connectivity index (χ4v) is 4.01. The molecule has 0 amide bonds. The second-order valence-electron chi connectivity index (χ2n) is 5.46. The molecule has 2 heterocycles. The van der Waals surface area contributed by atoms with Crippen molar-refractivity contribution in [2.45, 2.75) is 51.0 Å². The van der Waals surface area contributed by atoms with E-state index < -0.39 is 5.60 Å². The molecule has 0 aromatic carbocycles. The van der Waals surface area contributed by atoms with Crippen LogP contribution < -0.4 is 0 Å². The van der Waals surface area contributed by atoms with Crippen molar-refractivity contribution in [2.24, 2.45) is 5.92 Å². The van der Waals surface area contributed by atoms with Crippen LogP contribution in [0.15, 0.2) is 17.8 Å². The quantitative estimate of drug-likeness (QED) is 0.924. The second kappa shape index (κ2) is 4.67. The molecule has 1 aliphatic carbocycles. The largest absolute Gasteiger partial charge is 0.389 e. The smallest absolute Gasteiger partial charge is 0.193 e. The third-order valence-corrected chi connectivity index (χ3v) is 5.07. The summed E-state index contributed by atoms with van der Waals surface area (Å²) >= 11 is 1.65. The van der Waals surface area contributed by atoms with Crippen molar-refractivity contribution in [3.05, 3.63) is 23.5 Å². The van der Waals surface area contributed by atoms with Crippen LogP contribution in [0.3, 0.4) is 0 Å². The molecular formula is C14H20N2OS. The molecule has 0 radical (unpaired) electrons. The molecule has 2 unspecified atom stereocenters. The fourth-order valence-electron chi connectivity index (χ4n) is 3.29. The maximum absolute atomic E-state index is 10.9. The van der Waals surface area contributed by atoms with E-state index in [1.165, 1.54) is 6.42 Å². The number of hydrogen-bond acceptors (Lipinski definition) is 3. The first-order valence-corrected chi connectivity index (χ1v) is 7.73. The summed E-state index contributed by atoms with van der Waals surface area (Å²) in [6.45, 7) is 2.19. The lowest BCUT2D eigenvalue weighted by Gasteiger charge is -2.39. The van der Waals surface area contributed by atoms with Crippen LogP contribution in [-0.4, -0.2) is 20.1 Å². The van der Waals surface area contributed by atoms with Gasteiger partial charge in [0.1, 0.15) is 0 Å². The predicted octanol–water partition coefficient (Wildman–Crippen LogP) is 3.27. The third-order valence-electron chi connectivity index (χ3n) is 4.30. The van der Waals surface area contributed by atoms with Gasteiger partial charge in [-0.25, -0.2) is 4.98 Å². The van der Waals surface area contributed by atoms with Crippen molar-refractivity contribution in [2.75, 3.05) is 0 Å². The number of imidazole rings is 1. The Bertz CT molecular complexity index is 504. The topological polar surface area (TPSA) is 37.5 Å². The number of fused-ring (bicyclic) bond motifs is 1. The van der Waals surface area contributed by atoms with Gasteiger partial charge >= 0.3 is 0 Å². The molecule has 0 bridgehead atoms. The number of aliphatic hydroxyl groups is 1. The van der Waals surface area contributed by atoms with Crippen LogP contribution in [0.2, 0.25) is 0 Å². The minimum Gasteiger partial charge on any atom is -0.389 e. The van der Waals surface area contributed by atoms with Crippen LogP contribution in [-0.2, 0) is 6.42 Å². The van der Waals surface area contributed by atoms with Gasteiger partial charge in [0.25, 0.3) is 0 Å². The van der Waals surface area contributed by atoms with E-state index >= 15 is 0 Å². The van der Waals surface area contributed by atoms with Crippen LogP contribution >= 0.6 is 11.3 Å². The zero-order chi connectivity index (χ0) is 12.6. The maximum Gasteiger partial charge on any atom is 0.193 e. The molecule has 4 heteroatoms. The maximum atomic E-state index is 10.9. The molecule has 98 valence electrons. The van der Waals surface area contributed by atoms with E-state index in [4.69, 9.17) is 0 Å². The summed E-state index contributed by atoms with van der Waals surface area (Å²) in [5.41, 5.74) is 0.501. The molecule has 1 fully saturated rings. The van der Waals surface area contributed by atoms with E-state index in [-0.39, 0.29) is 0 Å². The summed E-state index contributed by atoms with van der Waals surface area (Å²) < 4.78 is 2.05. The van der Waals surface area contributed by atoms with Crippen molar-refractivity contribution >= 4 is 16.3 Å². The Hall–Kier alpha value is -0.870. The Morgan fingerprint density at radius 2 is 2.44 bits per heavy atom. The summed E-state index contributed by atoms with van der Waals surface area (Å²) in [5.74, 6) is 0.436. The van der Waals surface area contributed by atoms with Crippen molar-refractivity contribution in [3.8, 4) is 0 Å². The van der Waals surface area contributed by atoms with E-state index in [0.29, 0.717) is 12.3 Å². The van der Waals surface area contributed by atoms with E-state index in [1.54, 1.807) is 11.3 Å². The number of rotatable bonds is 3. The van der Waals surface area contributed by atoms with Gasteiger partial charge in [0.05, 0.1) is 11.3 Å². The molecule has 1 saturated carbocycles. The van der Waals surface area contributed by atoms with Crippen LogP contribution in [0.4, 0.5) is 0 Å². The molecule has 2 aromatic rings. The predicted molar refractivity (Wildman–Crippen MR) is 74.0 cm³/mol. The van der Waals surface area contributed by atoms with Crippen LogP contribution in [0.25, 0.3) is 4.96 Å². The van der Waals surface area contributed by atoms with Crippen molar-refractivity contribution < 1.29 is 5.11 Å². The molecule has 1 aliphatic rings. The zero-order valence-corrected chi connectivity index (χ0v) is 11.6. The minimum absolute atomic E-state index is 0.436. The molecule has 0 aliphatic heterocycles. The lowest BCUT2D eigenvalue weighted by atomic mass is 9.72. The van der Waals surface area contributed by atoms with Crippen molar-refractivity contribution in [1.82, 2.24) is 9.38 Å². The molecular weight excluding hydrogens is 244 g/mol. The van der Waals surface area contributed by atoms with Gasteiger partial charge in [0.15, 0.2) is 4.96 Å². The average Bonchev–Trinajstić information content (AvgIpc) is 2.89. The molecule has 2 aromatic heterocycles. The Balaban J connectivity index is 1.83. The first-order valence-electron chi connectivity index (χ1n) is 6.85. The monoisotopic (exact) mass is 264 g/mol. The normalized spacial score (nSPS) is 28.9. The molecule has 0 saturated heterocycles. The highest BCUT2D eigenvalue weighted by Crippen LogP contribution is 2.38. The van der Waals surface area contributed by atoms with Gasteiger partial charge in [-0.3, -0.25) is 4.40 Å². The van der Waals surface area contributed by atoms with Crippen LogP contribution in [0.1, 0.15) is 44.7 Å². The summed E-state index contributed by atoms with van der Waals surface area (Å²) in [5, 5.41) is 12.9. The lowest BCUT2D eigenvalue weighted by Crippen LogP contribution is -2.42. The molecule has 2 atom stereocenters. The van der Waals surface area contributed by atoms with Gasteiger partial charge in [0.2, 0.25) is 0 Å². The first-order chi connectivity index (χ1) is 8.71. The van der Waals surface area contributed by atoms with Gasteiger partial charge in [-0.05, 0) is 18.8 Å². The van der Waals surface area contributed by atoms with Gasteiger partial charge < -0.3 is 5.11 Å². The highest BCUT2D eigenvalue weighted by Gasteiger charge is 2.38. The molecule has 0 spiro atoms. The molecule has 1 N–H and O–H groups in total. The number of hydrogen-bond donors (Lipinski definition) is 1. The molecule has 18 heavy (non-hydrogen) atoms. The fraction of sp³-hybridized carbons (Fsp3) is 0.643. The summed E-state index contributed by atoms with van der Waals surface area (Å²) in [6, 6.07) is 0. The van der Waals surface area contributed by atoms with Gasteiger partial charge in [0, 0.05) is 24.2 Å². The van der Waals surface area contributed by atoms with E-state index in [2.05, 4.69) is 18.1 Å².